The Morgan fingerprint density at radius 2 is 1.79 bits per heavy atom. The molecule has 2 atom stereocenters. The minimum absolute atomic E-state index is 0. The van der Waals surface area contributed by atoms with Gasteiger partial charge in [0.2, 0.25) is 0 Å². The molecule has 0 radical (unpaired) electrons. The Balaban J connectivity index is 0.000000845. The SMILES string of the molecule is CSC1CNCC1N1CCCC1.Cl.Cl. The van der Waals surface area contributed by atoms with Gasteiger partial charge in [0.25, 0.3) is 0 Å². The standard InChI is InChI=1S/C9H18N2S.2ClH/c1-12-9-7-10-6-8(9)11-4-2-3-5-11;;/h8-10H,2-7H2,1H3;2*1H. The van der Waals surface area contributed by atoms with Crippen molar-refractivity contribution in [3.63, 3.8) is 0 Å². The molecule has 0 aromatic heterocycles. The highest BCUT2D eigenvalue weighted by Gasteiger charge is 2.32. The van der Waals surface area contributed by atoms with Gasteiger partial charge in [0, 0.05) is 24.4 Å². The van der Waals surface area contributed by atoms with Crippen molar-refractivity contribution < 1.29 is 0 Å². The summed E-state index contributed by atoms with van der Waals surface area (Å²) < 4.78 is 0. The molecule has 2 saturated heterocycles. The van der Waals surface area contributed by atoms with Gasteiger partial charge in [-0.15, -0.1) is 24.8 Å². The second-order valence-electron chi connectivity index (χ2n) is 3.74. The van der Waals surface area contributed by atoms with Crippen molar-refractivity contribution in [1.82, 2.24) is 10.2 Å². The molecule has 2 nitrogen and oxygen atoms in total. The van der Waals surface area contributed by atoms with Crippen LogP contribution in [0.15, 0.2) is 0 Å². The average Bonchev–Trinajstić information content (AvgIpc) is 2.74. The summed E-state index contributed by atoms with van der Waals surface area (Å²) in [6.07, 6.45) is 5.07. The highest BCUT2D eigenvalue weighted by Crippen LogP contribution is 2.23. The first kappa shape index (κ1) is 14.8. The minimum atomic E-state index is 0. The average molecular weight is 259 g/mol. The number of nitrogens with zero attached hydrogens (tertiary/aromatic N) is 1. The molecule has 0 amide bonds. The van der Waals surface area contributed by atoms with Crippen LogP contribution in [0.5, 0.6) is 0 Å². The molecule has 2 fully saturated rings. The van der Waals surface area contributed by atoms with Crippen molar-refractivity contribution in [3.05, 3.63) is 0 Å². The summed E-state index contributed by atoms with van der Waals surface area (Å²) in [6.45, 7) is 5.10. The second kappa shape index (κ2) is 7.18. The maximum Gasteiger partial charge on any atom is 0.0351 e. The van der Waals surface area contributed by atoms with Crippen LogP contribution in [0.25, 0.3) is 0 Å². The highest BCUT2D eigenvalue weighted by atomic mass is 35.5. The topological polar surface area (TPSA) is 15.3 Å². The first-order valence-electron chi connectivity index (χ1n) is 4.89. The fourth-order valence-electron chi connectivity index (χ4n) is 2.32. The van der Waals surface area contributed by atoms with Crippen molar-refractivity contribution >= 4 is 36.6 Å². The number of nitrogens with one attached hydrogen (secondary N) is 1. The molecule has 2 aliphatic rings. The third kappa shape index (κ3) is 3.17. The third-order valence-corrected chi connectivity index (χ3v) is 4.13. The number of hydrogen-bond acceptors (Lipinski definition) is 3. The number of rotatable bonds is 2. The van der Waals surface area contributed by atoms with Gasteiger partial charge in [-0.3, -0.25) is 4.90 Å². The fourth-order valence-corrected chi connectivity index (χ4v) is 3.19. The molecule has 14 heavy (non-hydrogen) atoms. The molecule has 0 aliphatic carbocycles. The molecule has 0 spiro atoms. The first-order chi connectivity index (χ1) is 5.92. The Kier molecular flexibility index (Phi) is 7.61. The third-order valence-electron chi connectivity index (χ3n) is 3.04. The lowest BCUT2D eigenvalue weighted by atomic mass is 10.2. The quantitative estimate of drug-likeness (QED) is 0.811. The van der Waals surface area contributed by atoms with Crippen LogP contribution in [-0.4, -0.2) is 48.6 Å². The highest BCUT2D eigenvalue weighted by molar-refractivity contribution is 7.99. The van der Waals surface area contributed by atoms with Gasteiger partial charge in [-0.1, -0.05) is 0 Å². The second-order valence-corrected chi connectivity index (χ2v) is 4.82. The van der Waals surface area contributed by atoms with E-state index in [-0.39, 0.29) is 24.8 Å². The molecule has 0 aromatic carbocycles. The van der Waals surface area contributed by atoms with E-state index in [4.69, 9.17) is 0 Å². The molecule has 0 bridgehead atoms. The fraction of sp³-hybridized carbons (Fsp3) is 1.00. The van der Waals surface area contributed by atoms with Crippen LogP contribution in [0.3, 0.4) is 0 Å². The Hall–Kier alpha value is 0.850. The molecule has 0 saturated carbocycles. The normalized spacial score (nSPS) is 32.4. The van der Waals surface area contributed by atoms with Crippen molar-refractivity contribution in [1.29, 1.82) is 0 Å². The number of likely N-dealkylation sites (tertiary alicyclic amines) is 1. The molecule has 1 N–H and O–H groups in total. The van der Waals surface area contributed by atoms with Gasteiger partial charge < -0.3 is 5.32 Å². The number of halogens is 2. The molecule has 2 rings (SSSR count). The summed E-state index contributed by atoms with van der Waals surface area (Å²) in [5.74, 6) is 0. The smallest absolute Gasteiger partial charge is 0.0351 e. The van der Waals surface area contributed by atoms with Crippen molar-refractivity contribution in [3.8, 4) is 0 Å². The molecule has 2 aliphatic heterocycles. The van der Waals surface area contributed by atoms with Crippen LogP contribution in [0.4, 0.5) is 0 Å². The van der Waals surface area contributed by atoms with Crippen molar-refractivity contribution in [2.45, 2.75) is 24.1 Å². The minimum Gasteiger partial charge on any atom is -0.314 e. The van der Waals surface area contributed by atoms with E-state index < -0.39 is 0 Å². The zero-order chi connectivity index (χ0) is 8.39. The van der Waals surface area contributed by atoms with Crippen molar-refractivity contribution in [2.24, 2.45) is 0 Å². The molecule has 2 unspecified atom stereocenters. The summed E-state index contributed by atoms with van der Waals surface area (Å²) in [5, 5.41) is 4.32. The van der Waals surface area contributed by atoms with E-state index in [2.05, 4.69) is 16.5 Å². The maximum absolute atomic E-state index is 3.49. The van der Waals surface area contributed by atoms with E-state index in [1.54, 1.807) is 0 Å². The lowest BCUT2D eigenvalue weighted by Crippen LogP contribution is -2.39. The van der Waals surface area contributed by atoms with Crippen LogP contribution in [-0.2, 0) is 0 Å². The lowest BCUT2D eigenvalue weighted by Gasteiger charge is -2.26. The maximum atomic E-state index is 3.49. The Morgan fingerprint density at radius 3 is 2.36 bits per heavy atom. The van der Waals surface area contributed by atoms with Crippen LogP contribution >= 0.6 is 36.6 Å². The Morgan fingerprint density at radius 1 is 1.14 bits per heavy atom. The molecule has 2 heterocycles. The summed E-state index contributed by atoms with van der Waals surface area (Å²) in [5.41, 5.74) is 0. The number of hydrogen-bond donors (Lipinski definition) is 1. The van der Waals surface area contributed by atoms with Crippen LogP contribution in [0.2, 0.25) is 0 Å². The van der Waals surface area contributed by atoms with E-state index in [0.29, 0.717) is 0 Å². The molecule has 5 heteroatoms. The van der Waals surface area contributed by atoms with E-state index in [9.17, 15) is 0 Å². The lowest BCUT2D eigenvalue weighted by molar-refractivity contribution is 0.263. The van der Waals surface area contributed by atoms with Gasteiger partial charge in [0.15, 0.2) is 0 Å². The molecule has 86 valence electrons. The van der Waals surface area contributed by atoms with Crippen molar-refractivity contribution in [2.75, 3.05) is 32.4 Å². The largest absolute Gasteiger partial charge is 0.314 e. The van der Waals surface area contributed by atoms with Gasteiger partial charge in [0.05, 0.1) is 0 Å². The van der Waals surface area contributed by atoms with E-state index in [1.165, 1.54) is 39.0 Å². The van der Waals surface area contributed by atoms with Crippen LogP contribution in [0, 0.1) is 0 Å². The van der Waals surface area contributed by atoms with E-state index in [1.807, 2.05) is 11.8 Å². The molecular weight excluding hydrogens is 239 g/mol. The van der Waals surface area contributed by atoms with Gasteiger partial charge in [-0.2, -0.15) is 11.8 Å². The molecular formula is C9H20Cl2N2S. The summed E-state index contributed by atoms with van der Waals surface area (Å²) in [7, 11) is 0. The summed E-state index contributed by atoms with van der Waals surface area (Å²) in [4.78, 5) is 2.67. The van der Waals surface area contributed by atoms with Gasteiger partial charge in [0.1, 0.15) is 0 Å². The Bertz CT molecular complexity index is 154. The van der Waals surface area contributed by atoms with Crippen LogP contribution in [0.1, 0.15) is 12.8 Å². The van der Waals surface area contributed by atoms with Crippen LogP contribution < -0.4 is 5.32 Å². The zero-order valence-electron chi connectivity index (χ0n) is 8.57. The van der Waals surface area contributed by atoms with Gasteiger partial charge in [-0.05, 0) is 32.2 Å². The molecule has 0 aromatic rings. The first-order valence-corrected chi connectivity index (χ1v) is 6.18. The number of thioether (sulfide) groups is 1. The monoisotopic (exact) mass is 258 g/mol. The zero-order valence-corrected chi connectivity index (χ0v) is 11.0. The summed E-state index contributed by atoms with van der Waals surface area (Å²) >= 11 is 2.02. The van der Waals surface area contributed by atoms with E-state index >= 15 is 0 Å². The van der Waals surface area contributed by atoms with Gasteiger partial charge in [-0.25, -0.2) is 0 Å². The predicted octanol–water partition coefficient (Wildman–Crippen LogP) is 1.63. The van der Waals surface area contributed by atoms with Gasteiger partial charge >= 0.3 is 0 Å². The van der Waals surface area contributed by atoms with E-state index in [0.717, 1.165) is 11.3 Å². The Labute approximate surface area is 103 Å². The summed E-state index contributed by atoms with van der Waals surface area (Å²) in [6, 6.07) is 0.822. The predicted molar refractivity (Wildman–Crippen MR) is 69.3 cm³/mol.